The van der Waals surface area contributed by atoms with Gasteiger partial charge in [-0.05, 0) is 43.3 Å². The van der Waals surface area contributed by atoms with Gasteiger partial charge in [0.15, 0.2) is 12.2 Å². The fourth-order valence-electron chi connectivity index (χ4n) is 4.42. The van der Waals surface area contributed by atoms with E-state index < -0.39 is 12.2 Å². The van der Waals surface area contributed by atoms with Crippen molar-refractivity contribution < 1.29 is 14.3 Å². The first kappa shape index (κ1) is 20.1. The van der Waals surface area contributed by atoms with Crippen molar-refractivity contribution >= 4 is 23.6 Å². The van der Waals surface area contributed by atoms with Crippen LogP contribution in [0.3, 0.4) is 0 Å². The molecule has 2 aromatic carbocycles. The van der Waals surface area contributed by atoms with Crippen molar-refractivity contribution in [2.24, 2.45) is 4.99 Å². The number of anilines is 1. The Hall–Kier alpha value is -3.81. The molecular weight excluding hydrogens is 406 g/mol. The number of fused-ring (bicyclic) bond motifs is 3. The molecule has 3 aliphatic heterocycles. The molecule has 2 fully saturated rings. The third-order valence-corrected chi connectivity index (χ3v) is 5.93. The Kier molecular flexibility index (Phi) is 4.84. The fourth-order valence-corrected chi connectivity index (χ4v) is 4.42. The molecule has 3 heterocycles. The Bertz CT molecular complexity index is 1100. The number of carbonyl (C=O) groups is 2. The summed E-state index contributed by atoms with van der Waals surface area (Å²) in [7, 11) is 1.70. The second-order valence-corrected chi connectivity index (χ2v) is 8.32. The molecule has 2 unspecified atom stereocenters. The molecule has 0 aliphatic carbocycles. The topological polar surface area (TPSA) is 68.7 Å². The number of para-hydroxylation sites is 1. The molecular formula is C24H25N5O3. The van der Waals surface area contributed by atoms with Crippen molar-refractivity contribution in [2.75, 3.05) is 31.6 Å². The first-order valence-electron chi connectivity index (χ1n) is 10.6. The molecule has 0 spiro atoms. The van der Waals surface area contributed by atoms with Crippen LogP contribution in [0.2, 0.25) is 0 Å². The van der Waals surface area contributed by atoms with E-state index in [1.54, 1.807) is 11.9 Å². The van der Waals surface area contributed by atoms with Crippen LogP contribution in [-0.4, -0.2) is 71.5 Å². The lowest BCUT2D eigenvalue weighted by atomic mass is 10.1. The zero-order valence-electron chi connectivity index (χ0n) is 18.1. The van der Waals surface area contributed by atoms with Gasteiger partial charge in [-0.15, -0.1) is 0 Å². The van der Waals surface area contributed by atoms with E-state index in [4.69, 9.17) is 9.73 Å². The summed E-state index contributed by atoms with van der Waals surface area (Å²) in [6.07, 6.45) is -0.519. The molecule has 0 aromatic heterocycles. The van der Waals surface area contributed by atoms with Crippen molar-refractivity contribution in [1.29, 1.82) is 0 Å². The standard InChI is InChI=1S/C24H25N5O3/c1-16(2)15-29-22(30)20-21(26(3)24(29)31)25-23-27(13-14-28(20)23)17-9-11-19(12-10-17)32-18-7-5-4-6-8-18/h4-12,20-21H,1,13-15H2,2-3H3. The number of rotatable bonds is 5. The lowest BCUT2D eigenvalue weighted by Gasteiger charge is -2.40. The molecule has 0 N–H and O–H groups in total. The maximum Gasteiger partial charge on any atom is 0.328 e. The molecule has 0 saturated carbocycles. The van der Waals surface area contributed by atoms with Crippen molar-refractivity contribution in [2.45, 2.75) is 19.1 Å². The quantitative estimate of drug-likeness (QED) is 0.681. The zero-order chi connectivity index (χ0) is 22.4. The second-order valence-electron chi connectivity index (χ2n) is 8.32. The van der Waals surface area contributed by atoms with Gasteiger partial charge in [-0.1, -0.05) is 30.4 Å². The maximum atomic E-state index is 13.2. The predicted octanol–water partition coefficient (Wildman–Crippen LogP) is 3.14. The minimum absolute atomic E-state index is 0.215. The fraction of sp³-hybridized carbons (Fsp3) is 0.292. The SMILES string of the molecule is C=C(C)CN1C(=O)C2C(N=C3N(c4ccc(Oc5ccccc5)cc4)CCN32)N(C)C1=O. The van der Waals surface area contributed by atoms with Crippen LogP contribution >= 0.6 is 0 Å². The van der Waals surface area contributed by atoms with E-state index in [9.17, 15) is 9.59 Å². The number of guanidine groups is 1. The summed E-state index contributed by atoms with van der Waals surface area (Å²) in [5.74, 6) is 2.03. The number of benzene rings is 2. The molecule has 2 atom stereocenters. The highest BCUT2D eigenvalue weighted by molar-refractivity contribution is 6.08. The van der Waals surface area contributed by atoms with Gasteiger partial charge in [-0.3, -0.25) is 9.69 Å². The summed E-state index contributed by atoms with van der Waals surface area (Å²) >= 11 is 0. The summed E-state index contributed by atoms with van der Waals surface area (Å²) in [6, 6.07) is 16.6. The summed E-state index contributed by atoms with van der Waals surface area (Å²) in [5, 5.41) is 0. The van der Waals surface area contributed by atoms with E-state index in [1.165, 1.54) is 4.90 Å². The molecule has 8 heteroatoms. The molecule has 2 aromatic rings. The van der Waals surface area contributed by atoms with Crippen molar-refractivity contribution in [1.82, 2.24) is 14.7 Å². The number of carbonyl (C=O) groups excluding carboxylic acids is 2. The van der Waals surface area contributed by atoms with Gasteiger partial charge in [0.2, 0.25) is 5.96 Å². The number of likely N-dealkylation sites (N-methyl/N-ethyl adjacent to an activating group) is 1. The normalized spacial score (nSPS) is 22.1. The van der Waals surface area contributed by atoms with Crippen LogP contribution in [0.15, 0.2) is 71.7 Å². The van der Waals surface area contributed by atoms with Crippen molar-refractivity contribution in [3.63, 3.8) is 0 Å². The van der Waals surface area contributed by atoms with Crippen LogP contribution < -0.4 is 9.64 Å². The Morgan fingerprint density at radius 1 is 1.06 bits per heavy atom. The van der Waals surface area contributed by atoms with Gasteiger partial charge >= 0.3 is 6.03 Å². The first-order valence-corrected chi connectivity index (χ1v) is 10.6. The zero-order valence-corrected chi connectivity index (χ0v) is 18.1. The van der Waals surface area contributed by atoms with E-state index in [0.29, 0.717) is 13.1 Å². The van der Waals surface area contributed by atoms with Crippen LogP contribution in [0, 0.1) is 0 Å². The molecule has 32 heavy (non-hydrogen) atoms. The van der Waals surface area contributed by atoms with Gasteiger partial charge in [-0.2, -0.15) is 0 Å². The maximum absolute atomic E-state index is 13.2. The number of hydrogen-bond acceptors (Lipinski definition) is 6. The number of imide groups is 1. The number of ether oxygens (including phenoxy) is 1. The van der Waals surface area contributed by atoms with Crippen LogP contribution in [0.5, 0.6) is 11.5 Å². The Morgan fingerprint density at radius 3 is 2.44 bits per heavy atom. The van der Waals surface area contributed by atoms with Crippen molar-refractivity contribution in [3.05, 3.63) is 66.7 Å². The van der Waals surface area contributed by atoms with E-state index in [0.717, 1.165) is 28.7 Å². The van der Waals surface area contributed by atoms with Gasteiger partial charge in [0, 0.05) is 25.8 Å². The van der Waals surface area contributed by atoms with Crippen LogP contribution in [0.1, 0.15) is 6.92 Å². The second kappa shape index (κ2) is 7.71. The third kappa shape index (κ3) is 3.28. The molecule has 0 bridgehead atoms. The lowest BCUT2D eigenvalue weighted by Crippen LogP contribution is -2.65. The molecule has 3 aliphatic rings. The highest BCUT2D eigenvalue weighted by atomic mass is 16.5. The number of aliphatic imine (C=N–C) groups is 1. The molecule has 8 nitrogen and oxygen atoms in total. The Morgan fingerprint density at radius 2 is 1.75 bits per heavy atom. The number of amides is 3. The summed E-state index contributed by atoms with van der Waals surface area (Å²) < 4.78 is 5.88. The van der Waals surface area contributed by atoms with Crippen LogP contribution in [-0.2, 0) is 4.79 Å². The highest BCUT2D eigenvalue weighted by Gasteiger charge is 2.54. The molecule has 0 radical (unpaired) electrons. The average molecular weight is 431 g/mol. The predicted molar refractivity (Wildman–Crippen MR) is 122 cm³/mol. The monoisotopic (exact) mass is 431 g/mol. The minimum Gasteiger partial charge on any atom is -0.457 e. The van der Waals surface area contributed by atoms with Gasteiger partial charge in [0.05, 0.1) is 6.54 Å². The van der Waals surface area contributed by atoms with E-state index in [1.807, 2.05) is 66.4 Å². The summed E-state index contributed by atoms with van der Waals surface area (Å²) in [5.41, 5.74) is 1.73. The Labute approximate surface area is 187 Å². The summed E-state index contributed by atoms with van der Waals surface area (Å²) in [4.78, 5) is 37.6. The number of hydrogen-bond donors (Lipinski definition) is 0. The Balaban J connectivity index is 1.37. The van der Waals surface area contributed by atoms with Gasteiger partial charge in [0.1, 0.15) is 11.5 Å². The van der Waals surface area contributed by atoms with Crippen LogP contribution in [0.25, 0.3) is 0 Å². The van der Waals surface area contributed by atoms with E-state index >= 15 is 0 Å². The van der Waals surface area contributed by atoms with Crippen LogP contribution in [0.4, 0.5) is 10.5 Å². The van der Waals surface area contributed by atoms with E-state index in [2.05, 4.69) is 11.5 Å². The molecule has 2 saturated heterocycles. The minimum atomic E-state index is -0.519. The molecule has 3 amide bonds. The number of urea groups is 1. The molecule has 164 valence electrons. The third-order valence-electron chi connectivity index (χ3n) is 5.93. The first-order chi connectivity index (χ1) is 15.4. The molecule has 5 rings (SSSR count). The van der Waals surface area contributed by atoms with Crippen molar-refractivity contribution in [3.8, 4) is 11.5 Å². The van der Waals surface area contributed by atoms with E-state index in [-0.39, 0.29) is 18.5 Å². The lowest BCUT2D eigenvalue weighted by molar-refractivity contribution is -0.136. The van der Waals surface area contributed by atoms with Gasteiger partial charge in [0.25, 0.3) is 5.91 Å². The average Bonchev–Trinajstić information content (AvgIpc) is 3.36. The largest absolute Gasteiger partial charge is 0.457 e. The number of nitrogens with zero attached hydrogens (tertiary/aromatic N) is 5. The smallest absolute Gasteiger partial charge is 0.328 e. The van der Waals surface area contributed by atoms with Gasteiger partial charge < -0.3 is 19.4 Å². The summed E-state index contributed by atoms with van der Waals surface area (Å²) in [6.45, 7) is 7.27. The highest BCUT2D eigenvalue weighted by Crippen LogP contribution is 2.34. The van der Waals surface area contributed by atoms with Gasteiger partial charge in [-0.25, -0.2) is 9.79 Å².